The first-order chi connectivity index (χ1) is 7.42. The maximum absolute atomic E-state index is 14.7. The van der Waals surface area contributed by atoms with Crippen LogP contribution in [-0.2, 0) is 0 Å². The first-order valence-corrected chi connectivity index (χ1v) is 6.15. The maximum Gasteiger partial charge on any atom is 0.131 e. The van der Waals surface area contributed by atoms with Crippen LogP contribution in [0.5, 0.6) is 0 Å². The Morgan fingerprint density at radius 3 is 1.94 bits per heavy atom. The summed E-state index contributed by atoms with van der Waals surface area (Å²) >= 11 is 0. The zero-order valence-electron chi connectivity index (χ0n) is 12.0. The molecule has 1 aliphatic carbocycles. The largest absolute Gasteiger partial charge is 0.242 e. The third kappa shape index (κ3) is 2.19. The minimum absolute atomic E-state index is 0.298. The molecule has 2 unspecified atom stereocenters. The van der Waals surface area contributed by atoms with Gasteiger partial charge in [0.05, 0.1) is 5.41 Å². The maximum atomic E-state index is 14.7. The Hall–Kier alpha value is -0.660. The molecule has 0 nitrogen and oxygen atoms in total. The van der Waals surface area contributed by atoms with Gasteiger partial charge in [-0.25, -0.2) is 8.78 Å². The van der Waals surface area contributed by atoms with Crippen LogP contribution >= 0.6 is 0 Å². The van der Waals surface area contributed by atoms with E-state index in [1.807, 2.05) is 41.5 Å². The fraction of sp³-hybridized carbons (Fsp3) is 0.733. The lowest BCUT2D eigenvalue weighted by molar-refractivity contribution is 0.0431. The predicted molar refractivity (Wildman–Crippen MR) is 69.2 cm³/mol. The van der Waals surface area contributed by atoms with Crippen molar-refractivity contribution in [3.8, 4) is 0 Å². The van der Waals surface area contributed by atoms with Gasteiger partial charge in [-0.2, -0.15) is 0 Å². The predicted octanol–water partition coefficient (Wildman–Crippen LogP) is 5.22. The smallest absolute Gasteiger partial charge is 0.131 e. The number of alkyl halides is 1. The number of rotatable bonds is 0. The van der Waals surface area contributed by atoms with E-state index in [2.05, 4.69) is 0 Å². The summed E-state index contributed by atoms with van der Waals surface area (Å²) in [5.41, 5.74) is -1.22. The third-order valence-electron chi connectivity index (χ3n) is 4.04. The number of hydrogen-bond acceptors (Lipinski definition) is 0. The van der Waals surface area contributed by atoms with E-state index >= 15 is 0 Å². The highest BCUT2D eigenvalue weighted by atomic mass is 19.1. The van der Waals surface area contributed by atoms with Crippen molar-refractivity contribution in [1.82, 2.24) is 0 Å². The Kier molecular flexibility index (Phi) is 3.33. The van der Waals surface area contributed by atoms with Crippen LogP contribution in [0.4, 0.5) is 8.78 Å². The molecule has 0 aliphatic heterocycles. The van der Waals surface area contributed by atoms with Gasteiger partial charge in [0.1, 0.15) is 12.0 Å². The van der Waals surface area contributed by atoms with Crippen LogP contribution in [0.2, 0.25) is 0 Å². The van der Waals surface area contributed by atoms with Crippen molar-refractivity contribution < 1.29 is 8.78 Å². The van der Waals surface area contributed by atoms with Gasteiger partial charge in [-0.3, -0.25) is 0 Å². The monoisotopic (exact) mass is 242 g/mol. The van der Waals surface area contributed by atoms with Crippen LogP contribution in [0.3, 0.4) is 0 Å². The topological polar surface area (TPSA) is 0 Å². The van der Waals surface area contributed by atoms with E-state index in [9.17, 15) is 8.78 Å². The van der Waals surface area contributed by atoms with E-state index in [-0.39, 0.29) is 11.2 Å². The molecule has 0 heterocycles. The first kappa shape index (κ1) is 14.4. The zero-order chi connectivity index (χ0) is 13.6. The van der Waals surface area contributed by atoms with Gasteiger partial charge in [0.15, 0.2) is 0 Å². The van der Waals surface area contributed by atoms with Gasteiger partial charge in [-0.15, -0.1) is 0 Å². The van der Waals surface area contributed by atoms with Crippen LogP contribution in [0.1, 0.15) is 48.5 Å². The minimum atomic E-state index is -1.27. The highest BCUT2D eigenvalue weighted by Crippen LogP contribution is 2.54. The quantitative estimate of drug-likeness (QED) is 0.546. The number of hydrogen-bond donors (Lipinski definition) is 0. The molecule has 0 aromatic carbocycles. The summed E-state index contributed by atoms with van der Waals surface area (Å²) in [7, 11) is 0. The average molecular weight is 242 g/mol. The lowest BCUT2D eigenvalue weighted by Gasteiger charge is -2.45. The molecule has 0 saturated carbocycles. The molecular weight excluding hydrogens is 218 g/mol. The molecule has 1 aliphatic rings. The Balaban J connectivity index is 3.43. The van der Waals surface area contributed by atoms with Crippen molar-refractivity contribution in [3.63, 3.8) is 0 Å². The van der Waals surface area contributed by atoms with E-state index in [1.54, 1.807) is 13.0 Å². The lowest BCUT2D eigenvalue weighted by atomic mass is 9.60. The molecule has 2 atom stereocenters. The average Bonchev–Trinajstić information content (AvgIpc) is 2.10. The lowest BCUT2D eigenvalue weighted by Crippen LogP contribution is -2.43. The molecule has 0 radical (unpaired) electrons. The van der Waals surface area contributed by atoms with Crippen molar-refractivity contribution in [2.45, 2.75) is 54.6 Å². The van der Waals surface area contributed by atoms with Crippen molar-refractivity contribution in [3.05, 3.63) is 23.6 Å². The van der Waals surface area contributed by atoms with Gasteiger partial charge in [0.2, 0.25) is 0 Å². The fourth-order valence-corrected chi connectivity index (χ4v) is 2.17. The molecule has 0 N–H and O–H groups in total. The van der Waals surface area contributed by atoms with Crippen molar-refractivity contribution in [2.75, 3.05) is 0 Å². The van der Waals surface area contributed by atoms with Gasteiger partial charge in [0, 0.05) is 0 Å². The van der Waals surface area contributed by atoms with E-state index in [4.69, 9.17) is 0 Å². The molecule has 2 heteroatoms. The molecule has 17 heavy (non-hydrogen) atoms. The van der Waals surface area contributed by atoms with Gasteiger partial charge in [-0.1, -0.05) is 47.6 Å². The SMILES string of the molecule is CC(C)(C)C1=C(F)C(C)(C(C)(C)C)C(F)C=C1. The second-order valence-corrected chi connectivity index (χ2v) is 7.19. The standard InChI is InChI=1S/C15H24F2/c1-13(2,3)10-8-9-11(16)15(7,12(10)17)14(4,5)6/h8-9,11H,1-7H3. The molecule has 1 rings (SSSR count). The Morgan fingerprint density at radius 2 is 1.59 bits per heavy atom. The molecular formula is C15H24F2. The van der Waals surface area contributed by atoms with E-state index < -0.39 is 17.0 Å². The summed E-state index contributed by atoms with van der Waals surface area (Å²) in [6, 6.07) is 0. The van der Waals surface area contributed by atoms with Crippen LogP contribution < -0.4 is 0 Å². The van der Waals surface area contributed by atoms with E-state index in [1.165, 1.54) is 6.08 Å². The Labute approximate surface area is 104 Å². The Morgan fingerprint density at radius 1 is 1.12 bits per heavy atom. The van der Waals surface area contributed by atoms with Crippen LogP contribution in [0, 0.1) is 16.2 Å². The summed E-state index contributed by atoms with van der Waals surface area (Å²) in [6.07, 6.45) is 1.83. The number of halogens is 2. The van der Waals surface area contributed by atoms with Gasteiger partial charge >= 0.3 is 0 Å². The molecule has 0 saturated heterocycles. The molecule has 0 amide bonds. The molecule has 98 valence electrons. The Bertz CT molecular complexity index is 363. The zero-order valence-corrected chi connectivity index (χ0v) is 12.0. The second-order valence-electron chi connectivity index (χ2n) is 7.19. The number of allylic oxidation sites excluding steroid dienone is 4. The van der Waals surface area contributed by atoms with Crippen LogP contribution in [-0.4, -0.2) is 6.17 Å². The molecule has 0 aromatic rings. The van der Waals surface area contributed by atoms with E-state index in [0.29, 0.717) is 5.57 Å². The third-order valence-corrected chi connectivity index (χ3v) is 4.04. The summed E-state index contributed by atoms with van der Waals surface area (Å²) < 4.78 is 28.9. The van der Waals surface area contributed by atoms with E-state index in [0.717, 1.165) is 0 Å². The molecule has 0 spiro atoms. The fourth-order valence-electron chi connectivity index (χ4n) is 2.17. The highest BCUT2D eigenvalue weighted by molar-refractivity contribution is 5.38. The second kappa shape index (κ2) is 3.93. The summed E-state index contributed by atoms with van der Waals surface area (Å²) in [6.45, 7) is 13.2. The summed E-state index contributed by atoms with van der Waals surface area (Å²) in [5, 5.41) is 0. The molecule has 0 fully saturated rings. The minimum Gasteiger partial charge on any atom is -0.242 e. The molecule has 0 aromatic heterocycles. The first-order valence-electron chi connectivity index (χ1n) is 6.15. The summed E-state index contributed by atoms with van der Waals surface area (Å²) in [4.78, 5) is 0. The molecule has 0 bridgehead atoms. The van der Waals surface area contributed by atoms with Gasteiger partial charge in [-0.05, 0) is 29.4 Å². The normalized spacial score (nSPS) is 31.0. The van der Waals surface area contributed by atoms with Crippen LogP contribution in [0.15, 0.2) is 23.6 Å². The van der Waals surface area contributed by atoms with Gasteiger partial charge < -0.3 is 0 Å². The van der Waals surface area contributed by atoms with Crippen molar-refractivity contribution in [1.29, 1.82) is 0 Å². The highest BCUT2D eigenvalue weighted by Gasteiger charge is 2.50. The van der Waals surface area contributed by atoms with Gasteiger partial charge in [0.25, 0.3) is 0 Å². The van der Waals surface area contributed by atoms with Crippen molar-refractivity contribution in [2.24, 2.45) is 16.2 Å². The summed E-state index contributed by atoms with van der Waals surface area (Å²) in [5.74, 6) is -0.299. The van der Waals surface area contributed by atoms with Crippen molar-refractivity contribution >= 4 is 0 Å². The van der Waals surface area contributed by atoms with Crippen LogP contribution in [0.25, 0.3) is 0 Å².